The molecule has 0 spiro atoms. The fourth-order valence-electron chi connectivity index (χ4n) is 4.12. The Labute approximate surface area is 190 Å². The SMILES string of the molecule is Cc1ccc(C2C(C#N)=C(N)Oc3cc(OC(=O)c4oc5ccccc5c4C)ccc32)cc1. The molecule has 0 radical (unpaired) electrons. The summed E-state index contributed by atoms with van der Waals surface area (Å²) in [5, 5.41) is 10.6. The summed E-state index contributed by atoms with van der Waals surface area (Å²) < 4.78 is 17.0. The molecule has 33 heavy (non-hydrogen) atoms. The fraction of sp³-hybridized carbons (Fsp3) is 0.111. The smallest absolute Gasteiger partial charge is 0.379 e. The first kappa shape index (κ1) is 20.4. The number of nitrogens with two attached hydrogens (primary N) is 1. The molecule has 0 bridgehead atoms. The highest BCUT2D eigenvalue weighted by Gasteiger charge is 2.31. The molecule has 2 N–H and O–H groups in total. The Morgan fingerprint density at radius 1 is 1.06 bits per heavy atom. The first-order chi connectivity index (χ1) is 16.0. The van der Waals surface area contributed by atoms with Crippen molar-refractivity contribution in [3.8, 4) is 17.6 Å². The van der Waals surface area contributed by atoms with Gasteiger partial charge in [0.15, 0.2) is 0 Å². The van der Waals surface area contributed by atoms with Crippen LogP contribution in [0.2, 0.25) is 0 Å². The minimum atomic E-state index is -0.601. The van der Waals surface area contributed by atoms with E-state index in [0.717, 1.165) is 27.6 Å². The summed E-state index contributed by atoms with van der Waals surface area (Å²) in [7, 11) is 0. The fourth-order valence-corrected chi connectivity index (χ4v) is 4.12. The summed E-state index contributed by atoms with van der Waals surface area (Å²) in [5.41, 5.74) is 10.6. The van der Waals surface area contributed by atoms with Crippen LogP contribution in [-0.2, 0) is 0 Å². The van der Waals surface area contributed by atoms with E-state index in [1.807, 2.05) is 56.3 Å². The van der Waals surface area contributed by atoms with Crippen LogP contribution in [0.4, 0.5) is 0 Å². The third kappa shape index (κ3) is 3.50. The Balaban J connectivity index is 1.49. The Morgan fingerprint density at radius 2 is 1.82 bits per heavy atom. The largest absolute Gasteiger partial charge is 0.449 e. The van der Waals surface area contributed by atoms with Crippen LogP contribution in [0.25, 0.3) is 11.0 Å². The number of furan rings is 1. The van der Waals surface area contributed by atoms with Gasteiger partial charge in [-0.05, 0) is 31.5 Å². The van der Waals surface area contributed by atoms with Crippen molar-refractivity contribution in [3.05, 3.63) is 106 Å². The minimum Gasteiger partial charge on any atom is -0.449 e. The number of para-hydroxylation sites is 1. The van der Waals surface area contributed by atoms with Crippen LogP contribution < -0.4 is 15.2 Å². The molecule has 0 saturated heterocycles. The molecule has 6 heteroatoms. The first-order valence-corrected chi connectivity index (χ1v) is 10.4. The molecule has 6 nitrogen and oxygen atoms in total. The van der Waals surface area contributed by atoms with Crippen LogP contribution in [0, 0.1) is 25.2 Å². The summed E-state index contributed by atoms with van der Waals surface area (Å²) in [6.07, 6.45) is 0. The molecular weight excluding hydrogens is 416 g/mol. The van der Waals surface area contributed by atoms with E-state index in [1.165, 1.54) is 0 Å². The van der Waals surface area contributed by atoms with Gasteiger partial charge in [0.05, 0.1) is 5.92 Å². The highest BCUT2D eigenvalue weighted by molar-refractivity contribution is 5.96. The number of benzene rings is 3. The summed E-state index contributed by atoms with van der Waals surface area (Å²) in [4.78, 5) is 12.8. The number of carbonyl (C=O) groups excluding carboxylic acids is 1. The van der Waals surface area contributed by atoms with Crippen LogP contribution in [0.1, 0.15) is 38.7 Å². The van der Waals surface area contributed by atoms with Crippen molar-refractivity contribution in [1.82, 2.24) is 0 Å². The number of allylic oxidation sites excluding steroid dienone is 1. The van der Waals surface area contributed by atoms with Crippen LogP contribution in [0.15, 0.2) is 82.6 Å². The predicted octanol–water partition coefficient (Wildman–Crippen LogP) is 5.49. The lowest BCUT2D eigenvalue weighted by Crippen LogP contribution is -2.21. The molecule has 0 aliphatic carbocycles. The quantitative estimate of drug-likeness (QED) is 0.337. The van der Waals surface area contributed by atoms with Gasteiger partial charge in [-0.3, -0.25) is 0 Å². The topological polar surface area (TPSA) is 98.5 Å². The molecule has 0 fully saturated rings. The Bertz CT molecular complexity index is 1470. The number of ether oxygens (including phenoxy) is 2. The highest BCUT2D eigenvalue weighted by atomic mass is 16.5. The number of nitriles is 1. The molecule has 2 heterocycles. The van der Waals surface area contributed by atoms with Gasteiger partial charge >= 0.3 is 5.97 Å². The van der Waals surface area contributed by atoms with Gasteiger partial charge in [-0.1, -0.05) is 54.1 Å². The maximum Gasteiger partial charge on any atom is 0.379 e. The number of fused-ring (bicyclic) bond motifs is 2. The molecule has 1 aliphatic rings. The lowest BCUT2D eigenvalue weighted by Gasteiger charge is -2.26. The van der Waals surface area contributed by atoms with Gasteiger partial charge in [0.2, 0.25) is 11.6 Å². The average Bonchev–Trinajstić information content (AvgIpc) is 3.15. The molecular formula is C27H20N2O4. The van der Waals surface area contributed by atoms with Gasteiger partial charge in [-0.2, -0.15) is 5.26 Å². The van der Waals surface area contributed by atoms with Gasteiger partial charge in [0, 0.05) is 22.6 Å². The second-order valence-corrected chi connectivity index (χ2v) is 7.98. The molecule has 5 rings (SSSR count). The monoisotopic (exact) mass is 436 g/mol. The molecule has 0 amide bonds. The summed E-state index contributed by atoms with van der Waals surface area (Å²) >= 11 is 0. The zero-order valence-electron chi connectivity index (χ0n) is 18.1. The molecule has 162 valence electrons. The van der Waals surface area contributed by atoms with Crippen LogP contribution in [0.3, 0.4) is 0 Å². The zero-order valence-corrected chi connectivity index (χ0v) is 18.1. The number of nitrogens with zero attached hydrogens (tertiary/aromatic N) is 1. The van der Waals surface area contributed by atoms with Gasteiger partial charge < -0.3 is 19.6 Å². The van der Waals surface area contributed by atoms with Crippen molar-refractivity contribution in [2.45, 2.75) is 19.8 Å². The Kier molecular flexibility index (Phi) is 4.87. The van der Waals surface area contributed by atoms with Crippen molar-refractivity contribution < 1.29 is 18.7 Å². The molecule has 1 unspecified atom stereocenters. The second kappa shape index (κ2) is 7.88. The van der Waals surface area contributed by atoms with Crippen LogP contribution in [0.5, 0.6) is 11.5 Å². The lowest BCUT2D eigenvalue weighted by molar-refractivity contribution is 0.0702. The van der Waals surface area contributed by atoms with E-state index >= 15 is 0 Å². The van der Waals surface area contributed by atoms with Crippen molar-refractivity contribution >= 4 is 16.9 Å². The summed E-state index contributed by atoms with van der Waals surface area (Å²) in [6, 6.07) is 22.6. The zero-order chi connectivity index (χ0) is 23.1. The van der Waals surface area contributed by atoms with Crippen molar-refractivity contribution in [3.63, 3.8) is 0 Å². The Hall–Kier alpha value is -4.50. The molecule has 1 aliphatic heterocycles. The van der Waals surface area contributed by atoms with Crippen LogP contribution in [-0.4, -0.2) is 5.97 Å². The summed E-state index contributed by atoms with van der Waals surface area (Å²) in [6.45, 7) is 3.82. The minimum absolute atomic E-state index is 0.0344. The Morgan fingerprint density at radius 3 is 2.55 bits per heavy atom. The standard InChI is InChI=1S/C27H20N2O4/c1-15-7-9-17(10-8-15)24-20-12-11-18(13-23(20)33-26(29)21(24)14-28)31-27(30)25-16(2)19-5-3-4-6-22(19)32-25/h3-13,24H,29H2,1-2H3. The van der Waals surface area contributed by atoms with Gasteiger partial charge in [-0.15, -0.1) is 0 Å². The third-order valence-electron chi connectivity index (χ3n) is 5.84. The van der Waals surface area contributed by atoms with E-state index < -0.39 is 5.97 Å². The molecule has 3 aromatic carbocycles. The number of hydrogen-bond acceptors (Lipinski definition) is 6. The van der Waals surface area contributed by atoms with E-state index in [0.29, 0.717) is 16.9 Å². The van der Waals surface area contributed by atoms with Crippen molar-refractivity contribution in [2.75, 3.05) is 0 Å². The lowest BCUT2D eigenvalue weighted by atomic mass is 9.83. The van der Waals surface area contributed by atoms with Crippen molar-refractivity contribution in [1.29, 1.82) is 5.26 Å². The normalized spacial score (nSPS) is 15.0. The van der Waals surface area contributed by atoms with Gasteiger partial charge in [0.1, 0.15) is 28.7 Å². The van der Waals surface area contributed by atoms with E-state index in [4.69, 9.17) is 19.6 Å². The highest BCUT2D eigenvalue weighted by Crippen LogP contribution is 2.43. The van der Waals surface area contributed by atoms with E-state index in [-0.39, 0.29) is 23.3 Å². The third-order valence-corrected chi connectivity index (χ3v) is 5.84. The van der Waals surface area contributed by atoms with Crippen LogP contribution >= 0.6 is 0 Å². The predicted molar refractivity (Wildman–Crippen MR) is 123 cm³/mol. The number of esters is 1. The number of hydrogen-bond donors (Lipinski definition) is 1. The number of aryl methyl sites for hydroxylation is 2. The molecule has 4 aromatic rings. The maximum absolute atomic E-state index is 12.8. The van der Waals surface area contributed by atoms with E-state index in [9.17, 15) is 10.1 Å². The van der Waals surface area contributed by atoms with E-state index in [2.05, 4.69) is 6.07 Å². The second-order valence-electron chi connectivity index (χ2n) is 7.98. The van der Waals surface area contributed by atoms with E-state index in [1.54, 1.807) is 24.3 Å². The molecule has 0 saturated carbocycles. The molecule has 1 aromatic heterocycles. The summed E-state index contributed by atoms with van der Waals surface area (Å²) in [5.74, 6) is -0.0682. The molecule has 1 atom stereocenters. The maximum atomic E-state index is 12.8. The number of carbonyl (C=O) groups is 1. The first-order valence-electron chi connectivity index (χ1n) is 10.4. The average molecular weight is 436 g/mol. The van der Waals surface area contributed by atoms with Gasteiger partial charge in [-0.25, -0.2) is 4.79 Å². The van der Waals surface area contributed by atoms with Crippen molar-refractivity contribution in [2.24, 2.45) is 5.73 Å². The van der Waals surface area contributed by atoms with Gasteiger partial charge in [0.25, 0.3) is 0 Å². The number of rotatable bonds is 3.